The zero-order valence-corrected chi connectivity index (χ0v) is 13.5. The molecule has 2 rings (SSSR count). The fourth-order valence-electron chi connectivity index (χ4n) is 3.20. The Morgan fingerprint density at radius 1 is 1.14 bits per heavy atom. The SMILES string of the molecule is CCOC(=O)CC1CCC(c2ccc(N(C)C)cc2)CC1. The zero-order valence-electron chi connectivity index (χ0n) is 13.5. The Morgan fingerprint density at radius 2 is 1.76 bits per heavy atom. The number of ether oxygens (including phenoxy) is 1. The maximum atomic E-state index is 11.5. The Labute approximate surface area is 128 Å². The van der Waals surface area contributed by atoms with Gasteiger partial charge in [-0.1, -0.05) is 12.1 Å². The van der Waals surface area contributed by atoms with Crippen LogP contribution in [0.3, 0.4) is 0 Å². The van der Waals surface area contributed by atoms with Crippen LogP contribution in [0.4, 0.5) is 5.69 Å². The summed E-state index contributed by atoms with van der Waals surface area (Å²) in [6.45, 7) is 2.36. The largest absolute Gasteiger partial charge is 0.466 e. The van der Waals surface area contributed by atoms with E-state index in [2.05, 4.69) is 43.3 Å². The molecular formula is C18H27NO2. The molecule has 0 amide bonds. The first-order chi connectivity index (χ1) is 10.1. The quantitative estimate of drug-likeness (QED) is 0.768. The van der Waals surface area contributed by atoms with Crippen molar-refractivity contribution in [3.8, 4) is 0 Å². The van der Waals surface area contributed by atoms with E-state index in [-0.39, 0.29) is 5.97 Å². The summed E-state index contributed by atoms with van der Waals surface area (Å²) in [4.78, 5) is 13.7. The lowest BCUT2D eigenvalue weighted by molar-refractivity contribution is -0.144. The Morgan fingerprint density at radius 3 is 2.29 bits per heavy atom. The van der Waals surface area contributed by atoms with Crippen LogP contribution < -0.4 is 4.90 Å². The number of carbonyl (C=O) groups excluding carboxylic acids is 1. The molecule has 0 N–H and O–H groups in total. The van der Waals surface area contributed by atoms with Gasteiger partial charge in [0, 0.05) is 26.2 Å². The minimum Gasteiger partial charge on any atom is -0.466 e. The first-order valence-corrected chi connectivity index (χ1v) is 8.03. The van der Waals surface area contributed by atoms with Gasteiger partial charge < -0.3 is 9.64 Å². The van der Waals surface area contributed by atoms with E-state index in [9.17, 15) is 4.79 Å². The third kappa shape index (κ3) is 4.48. The predicted molar refractivity (Wildman–Crippen MR) is 86.7 cm³/mol. The third-order valence-electron chi connectivity index (χ3n) is 4.49. The van der Waals surface area contributed by atoms with Crippen LogP contribution in [0, 0.1) is 5.92 Å². The maximum Gasteiger partial charge on any atom is 0.306 e. The van der Waals surface area contributed by atoms with Gasteiger partial charge in [-0.15, -0.1) is 0 Å². The molecule has 0 radical (unpaired) electrons. The van der Waals surface area contributed by atoms with Crippen LogP contribution >= 0.6 is 0 Å². The number of hydrogen-bond acceptors (Lipinski definition) is 3. The number of benzene rings is 1. The van der Waals surface area contributed by atoms with Crippen molar-refractivity contribution in [2.45, 2.75) is 44.9 Å². The molecule has 21 heavy (non-hydrogen) atoms. The molecule has 0 unspecified atom stereocenters. The molecule has 116 valence electrons. The summed E-state index contributed by atoms with van der Waals surface area (Å²) in [5.74, 6) is 1.14. The standard InChI is InChI=1S/C18H27NO2/c1-4-21-18(20)13-14-5-7-15(8-6-14)16-9-11-17(12-10-16)19(2)3/h9-12,14-15H,4-8,13H2,1-3H3. The van der Waals surface area contributed by atoms with Crippen LogP contribution in [-0.4, -0.2) is 26.7 Å². The molecule has 0 aromatic heterocycles. The van der Waals surface area contributed by atoms with E-state index in [1.165, 1.54) is 24.1 Å². The van der Waals surface area contributed by atoms with Crippen molar-refractivity contribution in [2.24, 2.45) is 5.92 Å². The summed E-state index contributed by atoms with van der Waals surface area (Å²) >= 11 is 0. The van der Waals surface area contributed by atoms with Crippen molar-refractivity contribution in [1.82, 2.24) is 0 Å². The van der Waals surface area contributed by atoms with Gasteiger partial charge in [-0.25, -0.2) is 0 Å². The van der Waals surface area contributed by atoms with Gasteiger partial charge in [0.05, 0.1) is 6.61 Å². The molecule has 1 saturated carbocycles. The van der Waals surface area contributed by atoms with Gasteiger partial charge in [-0.3, -0.25) is 4.79 Å². The highest BCUT2D eigenvalue weighted by molar-refractivity contribution is 5.69. The Hall–Kier alpha value is -1.51. The van der Waals surface area contributed by atoms with Crippen LogP contribution in [-0.2, 0) is 9.53 Å². The number of anilines is 1. The van der Waals surface area contributed by atoms with Gasteiger partial charge in [0.15, 0.2) is 0 Å². The first kappa shape index (κ1) is 15.9. The van der Waals surface area contributed by atoms with Crippen molar-refractivity contribution in [3.63, 3.8) is 0 Å². The van der Waals surface area contributed by atoms with Crippen molar-refractivity contribution < 1.29 is 9.53 Å². The molecule has 1 aromatic rings. The molecule has 1 fully saturated rings. The van der Waals surface area contributed by atoms with E-state index >= 15 is 0 Å². The van der Waals surface area contributed by atoms with Gasteiger partial charge in [0.25, 0.3) is 0 Å². The fraction of sp³-hybridized carbons (Fsp3) is 0.611. The van der Waals surface area contributed by atoms with E-state index in [0.717, 1.165) is 12.8 Å². The maximum absolute atomic E-state index is 11.5. The second-order valence-corrected chi connectivity index (χ2v) is 6.21. The molecule has 0 spiro atoms. The molecule has 3 heteroatoms. The average Bonchev–Trinajstić information content (AvgIpc) is 2.48. The number of rotatable bonds is 5. The van der Waals surface area contributed by atoms with E-state index in [1.54, 1.807) is 0 Å². The van der Waals surface area contributed by atoms with Crippen LogP contribution in [0.1, 0.15) is 50.5 Å². The van der Waals surface area contributed by atoms with E-state index in [4.69, 9.17) is 4.74 Å². The average molecular weight is 289 g/mol. The topological polar surface area (TPSA) is 29.5 Å². The molecule has 1 aliphatic rings. The van der Waals surface area contributed by atoms with Crippen LogP contribution in [0.5, 0.6) is 0 Å². The predicted octanol–water partition coefficient (Wildman–Crippen LogP) is 3.98. The molecule has 0 atom stereocenters. The molecule has 0 heterocycles. The van der Waals surface area contributed by atoms with Crippen LogP contribution in [0.15, 0.2) is 24.3 Å². The summed E-state index contributed by atoms with van der Waals surface area (Å²) in [7, 11) is 4.13. The molecule has 3 nitrogen and oxygen atoms in total. The normalized spacial score (nSPS) is 21.9. The van der Waals surface area contributed by atoms with Crippen molar-refractivity contribution >= 4 is 11.7 Å². The molecule has 0 bridgehead atoms. The minimum absolute atomic E-state index is 0.0312. The smallest absolute Gasteiger partial charge is 0.306 e. The second kappa shape index (κ2) is 7.48. The Bertz CT molecular complexity index is 445. The monoisotopic (exact) mass is 289 g/mol. The van der Waals surface area contributed by atoms with Gasteiger partial charge >= 0.3 is 5.97 Å². The number of carbonyl (C=O) groups is 1. The second-order valence-electron chi connectivity index (χ2n) is 6.21. The van der Waals surface area contributed by atoms with Gasteiger partial charge in [-0.05, 0) is 62.1 Å². The lowest BCUT2D eigenvalue weighted by atomic mass is 9.77. The molecule has 1 aromatic carbocycles. The lowest BCUT2D eigenvalue weighted by Gasteiger charge is -2.28. The van der Waals surface area contributed by atoms with Crippen LogP contribution in [0.2, 0.25) is 0 Å². The van der Waals surface area contributed by atoms with Crippen molar-refractivity contribution in [3.05, 3.63) is 29.8 Å². The van der Waals surface area contributed by atoms with Gasteiger partial charge in [0.2, 0.25) is 0 Å². The molecule has 0 aliphatic heterocycles. The van der Waals surface area contributed by atoms with Crippen LogP contribution in [0.25, 0.3) is 0 Å². The molecular weight excluding hydrogens is 262 g/mol. The summed E-state index contributed by atoms with van der Waals surface area (Å²) in [5.41, 5.74) is 2.69. The fourth-order valence-corrected chi connectivity index (χ4v) is 3.20. The highest BCUT2D eigenvalue weighted by atomic mass is 16.5. The van der Waals surface area contributed by atoms with Gasteiger partial charge in [0.1, 0.15) is 0 Å². The highest BCUT2D eigenvalue weighted by Gasteiger charge is 2.24. The van der Waals surface area contributed by atoms with E-state index < -0.39 is 0 Å². The summed E-state index contributed by atoms with van der Waals surface area (Å²) in [6, 6.07) is 8.90. The Kier molecular flexibility index (Phi) is 5.66. The van der Waals surface area contributed by atoms with E-state index in [0.29, 0.717) is 24.9 Å². The number of nitrogens with zero attached hydrogens (tertiary/aromatic N) is 1. The highest BCUT2D eigenvalue weighted by Crippen LogP contribution is 2.37. The summed E-state index contributed by atoms with van der Waals surface area (Å²) in [6.07, 6.45) is 5.24. The number of hydrogen-bond donors (Lipinski definition) is 0. The first-order valence-electron chi connectivity index (χ1n) is 8.03. The van der Waals surface area contributed by atoms with Crippen molar-refractivity contribution in [2.75, 3.05) is 25.6 Å². The van der Waals surface area contributed by atoms with E-state index in [1.807, 2.05) is 6.92 Å². The summed E-state index contributed by atoms with van der Waals surface area (Å²) in [5, 5.41) is 0. The third-order valence-corrected chi connectivity index (χ3v) is 4.49. The van der Waals surface area contributed by atoms with Crippen molar-refractivity contribution in [1.29, 1.82) is 0 Å². The lowest BCUT2D eigenvalue weighted by Crippen LogP contribution is -2.18. The van der Waals surface area contributed by atoms with Gasteiger partial charge in [-0.2, -0.15) is 0 Å². The minimum atomic E-state index is -0.0312. The molecule has 1 aliphatic carbocycles. The Balaban J connectivity index is 1.84. The number of esters is 1. The zero-order chi connectivity index (χ0) is 15.2. The molecule has 0 saturated heterocycles. The summed E-state index contributed by atoms with van der Waals surface area (Å²) < 4.78 is 5.05.